The Balaban J connectivity index is 1.89. The quantitative estimate of drug-likeness (QED) is 0.780. The zero-order valence-electron chi connectivity index (χ0n) is 12.3. The molecule has 0 unspecified atom stereocenters. The minimum absolute atomic E-state index is 0.120. The van der Waals surface area contributed by atoms with Crippen molar-refractivity contribution in [3.8, 4) is 11.3 Å². The molecule has 0 saturated carbocycles. The maximum atomic E-state index is 12.2. The van der Waals surface area contributed by atoms with Crippen molar-refractivity contribution in [2.75, 3.05) is 5.32 Å². The van der Waals surface area contributed by atoms with Gasteiger partial charge in [0.1, 0.15) is 0 Å². The number of anilines is 1. The van der Waals surface area contributed by atoms with E-state index in [1.54, 1.807) is 12.1 Å². The van der Waals surface area contributed by atoms with Crippen LogP contribution in [-0.4, -0.2) is 10.9 Å². The Labute approximate surface area is 129 Å². The van der Waals surface area contributed by atoms with Gasteiger partial charge in [-0.3, -0.25) is 9.78 Å². The summed E-state index contributed by atoms with van der Waals surface area (Å²) in [5, 5.41) is 2.93. The van der Waals surface area contributed by atoms with Gasteiger partial charge in [-0.15, -0.1) is 0 Å². The van der Waals surface area contributed by atoms with Gasteiger partial charge in [0.2, 0.25) is 0 Å². The van der Waals surface area contributed by atoms with Crippen LogP contribution in [0.1, 0.15) is 16.1 Å². The Hall–Kier alpha value is -2.94. The summed E-state index contributed by atoms with van der Waals surface area (Å²) in [7, 11) is 0. The molecule has 3 aromatic rings. The average Bonchev–Trinajstić information content (AvgIpc) is 2.56. The largest absolute Gasteiger partial charge is 0.322 e. The molecule has 0 fully saturated rings. The van der Waals surface area contributed by atoms with Crippen LogP contribution in [0.25, 0.3) is 11.3 Å². The van der Waals surface area contributed by atoms with Gasteiger partial charge in [0, 0.05) is 22.5 Å². The lowest BCUT2D eigenvalue weighted by Crippen LogP contribution is -2.12. The first-order valence-corrected chi connectivity index (χ1v) is 7.13. The molecule has 0 aliphatic carbocycles. The van der Waals surface area contributed by atoms with Crippen molar-refractivity contribution in [3.63, 3.8) is 0 Å². The molecule has 0 spiro atoms. The molecule has 2 aromatic carbocycles. The highest BCUT2D eigenvalue weighted by atomic mass is 16.1. The molecule has 22 heavy (non-hydrogen) atoms. The minimum Gasteiger partial charge on any atom is -0.322 e. The van der Waals surface area contributed by atoms with Gasteiger partial charge in [0.15, 0.2) is 0 Å². The van der Waals surface area contributed by atoms with Crippen LogP contribution in [0.2, 0.25) is 0 Å². The van der Waals surface area contributed by atoms with Crippen LogP contribution in [0.4, 0.5) is 5.69 Å². The number of aryl methyl sites for hydroxylation is 1. The molecule has 1 heterocycles. The lowest BCUT2D eigenvalue weighted by Gasteiger charge is -2.09. The first-order chi connectivity index (χ1) is 10.7. The summed E-state index contributed by atoms with van der Waals surface area (Å²) in [6.45, 7) is 1.92. The minimum atomic E-state index is -0.120. The summed E-state index contributed by atoms with van der Waals surface area (Å²) in [5.41, 5.74) is 4.13. The summed E-state index contributed by atoms with van der Waals surface area (Å²) < 4.78 is 0. The van der Waals surface area contributed by atoms with E-state index in [1.807, 2.05) is 67.6 Å². The maximum absolute atomic E-state index is 12.2. The number of nitrogens with one attached hydrogen (secondary N) is 1. The van der Waals surface area contributed by atoms with Crippen molar-refractivity contribution < 1.29 is 4.79 Å². The number of hydrogen-bond acceptors (Lipinski definition) is 2. The molecule has 3 nitrogen and oxygen atoms in total. The summed E-state index contributed by atoms with van der Waals surface area (Å²) in [5.74, 6) is -0.120. The third-order valence-electron chi connectivity index (χ3n) is 3.32. The van der Waals surface area contributed by atoms with Crippen molar-refractivity contribution in [2.45, 2.75) is 6.92 Å². The Bertz CT molecular complexity index is 783. The van der Waals surface area contributed by atoms with Gasteiger partial charge >= 0.3 is 0 Å². The van der Waals surface area contributed by atoms with Crippen LogP contribution < -0.4 is 5.32 Å². The smallest absolute Gasteiger partial charge is 0.255 e. The second-order valence-corrected chi connectivity index (χ2v) is 5.07. The number of benzene rings is 2. The summed E-state index contributed by atoms with van der Waals surface area (Å²) in [4.78, 5) is 16.8. The van der Waals surface area contributed by atoms with E-state index >= 15 is 0 Å². The molecule has 0 radical (unpaired) electrons. The van der Waals surface area contributed by atoms with E-state index in [0.29, 0.717) is 5.56 Å². The van der Waals surface area contributed by atoms with Crippen LogP contribution in [0.5, 0.6) is 0 Å². The zero-order chi connectivity index (χ0) is 15.4. The molecular formula is C19H16N2O. The second kappa shape index (κ2) is 6.22. The van der Waals surface area contributed by atoms with Crippen LogP contribution in [0.15, 0.2) is 72.8 Å². The number of rotatable bonds is 3. The molecule has 108 valence electrons. The van der Waals surface area contributed by atoms with E-state index < -0.39 is 0 Å². The number of pyridine rings is 1. The van der Waals surface area contributed by atoms with Gasteiger partial charge in [0.05, 0.1) is 5.69 Å². The highest BCUT2D eigenvalue weighted by molar-refractivity contribution is 6.04. The molecule has 1 amide bonds. The molecule has 0 saturated heterocycles. The lowest BCUT2D eigenvalue weighted by molar-refractivity contribution is 0.102. The number of carbonyl (C=O) groups is 1. The third-order valence-corrected chi connectivity index (χ3v) is 3.32. The van der Waals surface area contributed by atoms with Crippen molar-refractivity contribution in [3.05, 3.63) is 84.1 Å². The molecule has 3 heteroatoms. The van der Waals surface area contributed by atoms with E-state index in [0.717, 1.165) is 22.6 Å². The molecule has 1 aromatic heterocycles. The zero-order valence-corrected chi connectivity index (χ0v) is 12.3. The van der Waals surface area contributed by atoms with Gasteiger partial charge in [-0.2, -0.15) is 0 Å². The van der Waals surface area contributed by atoms with Crippen molar-refractivity contribution in [1.29, 1.82) is 0 Å². The molecule has 0 aliphatic heterocycles. The lowest BCUT2D eigenvalue weighted by atomic mass is 10.1. The molecular weight excluding hydrogens is 272 g/mol. The van der Waals surface area contributed by atoms with Crippen LogP contribution in [-0.2, 0) is 0 Å². The Morgan fingerprint density at radius 1 is 0.909 bits per heavy atom. The van der Waals surface area contributed by atoms with Gasteiger partial charge < -0.3 is 5.32 Å². The summed E-state index contributed by atoms with van der Waals surface area (Å²) >= 11 is 0. The van der Waals surface area contributed by atoms with Gasteiger partial charge in [-0.05, 0) is 31.2 Å². The van der Waals surface area contributed by atoms with Crippen LogP contribution in [0.3, 0.4) is 0 Å². The first-order valence-electron chi connectivity index (χ1n) is 7.13. The fraction of sp³-hybridized carbons (Fsp3) is 0.0526. The van der Waals surface area contributed by atoms with Crippen LogP contribution in [0, 0.1) is 6.92 Å². The third kappa shape index (κ3) is 3.20. The first kappa shape index (κ1) is 14.0. The van der Waals surface area contributed by atoms with E-state index in [4.69, 9.17) is 0 Å². The molecule has 0 atom stereocenters. The van der Waals surface area contributed by atoms with E-state index in [9.17, 15) is 4.79 Å². The monoisotopic (exact) mass is 288 g/mol. The van der Waals surface area contributed by atoms with Gasteiger partial charge in [0.25, 0.3) is 5.91 Å². The summed E-state index contributed by atoms with van der Waals surface area (Å²) in [6, 6.07) is 22.9. The SMILES string of the molecule is Cc1cc(NC(=O)c2ccccc2)cc(-c2ccccc2)n1. The van der Waals surface area contributed by atoms with E-state index in [1.165, 1.54) is 0 Å². The number of carbonyl (C=O) groups excluding carboxylic acids is 1. The van der Waals surface area contributed by atoms with E-state index in [-0.39, 0.29) is 5.91 Å². The highest BCUT2D eigenvalue weighted by Crippen LogP contribution is 2.21. The topological polar surface area (TPSA) is 42.0 Å². The van der Waals surface area contributed by atoms with E-state index in [2.05, 4.69) is 10.3 Å². The average molecular weight is 288 g/mol. The molecule has 0 aliphatic rings. The highest BCUT2D eigenvalue weighted by Gasteiger charge is 2.08. The fourth-order valence-corrected chi connectivity index (χ4v) is 2.29. The predicted molar refractivity (Wildman–Crippen MR) is 88.8 cm³/mol. The Morgan fingerprint density at radius 2 is 1.55 bits per heavy atom. The fourth-order valence-electron chi connectivity index (χ4n) is 2.29. The number of nitrogens with zero attached hydrogens (tertiary/aromatic N) is 1. The van der Waals surface area contributed by atoms with Gasteiger partial charge in [-0.1, -0.05) is 48.5 Å². The number of amides is 1. The molecule has 3 rings (SSSR count). The standard InChI is InChI=1S/C19H16N2O/c1-14-12-17(21-19(22)16-10-6-3-7-11-16)13-18(20-14)15-8-4-2-5-9-15/h2-13H,1H3,(H,20,21,22). The number of aromatic nitrogens is 1. The van der Waals surface area contributed by atoms with Crippen molar-refractivity contribution in [2.24, 2.45) is 0 Å². The Morgan fingerprint density at radius 3 is 2.23 bits per heavy atom. The summed E-state index contributed by atoms with van der Waals surface area (Å²) in [6.07, 6.45) is 0. The van der Waals surface area contributed by atoms with Crippen molar-refractivity contribution >= 4 is 11.6 Å². The second-order valence-electron chi connectivity index (χ2n) is 5.07. The Kier molecular flexibility index (Phi) is 3.97. The predicted octanol–water partition coefficient (Wildman–Crippen LogP) is 4.31. The van der Waals surface area contributed by atoms with Gasteiger partial charge in [-0.25, -0.2) is 0 Å². The van der Waals surface area contributed by atoms with Crippen molar-refractivity contribution in [1.82, 2.24) is 4.98 Å². The van der Waals surface area contributed by atoms with Crippen LogP contribution >= 0.6 is 0 Å². The normalized spacial score (nSPS) is 10.2. The molecule has 1 N–H and O–H groups in total. The molecule has 0 bridgehead atoms. The maximum Gasteiger partial charge on any atom is 0.255 e. The number of hydrogen-bond donors (Lipinski definition) is 1.